The highest BCUT2D eigenvalue weighted by Crippen LogP contribution is 2.36. The van der Waals surface area contributed by atoms with Crippen molar-refractivity contribution in [3.63, 3.8) is 0 Å². The van der Waals surface area contributed by atoms with Crippen LogP contribution in [0.5, 0.6) is 11.5 Å². The fourth-order valence-electron chi connectivity index (χ4n) is 2.34. The molecule has 0 saturated carbocycles. The molecule has 132 valence electrons. The van der Waals surface area contributed by atoms with Gasteiger partial charge in [0.25, 0.3) is 0 Å². The summed E-state index contributed by atoms with van der Waals surface area (Å²) in [6, 6.07) is 5.28. The lowest BCUT2D eigenvalue weighted by Crippen LogP contribution is -2.17. The number of benzene rings is 1. The first-order valence-corrected chi connectivity index (χ1v) is 8.01. The van der Waals surface area contributed by atoms with Crippen molar-refractivity contribution in [1.82, 2.24) is 9.97 Å². The highest BCUT2D eigenvalue weighted by Gasteiger charge is 2.24. The number of ether oxygens (including phenoxy) is 2. The standard InChI is InChI=1S/C16H19N5O4/c1-3-10(2)19-15-14(21(22)23)16(18-9-17-15)20-11-4-5-12-13(8-11)25-7-6-24-12/h4-5,8-10H,3,6-7H2,1-2H3,(H2,17,18,19,20). The van der Waals surface area contributed by atoms with Crippen molar-refractivity contribution in [2.75, 3.05) is 23.8 Å². The summed E-state index contributed by atoms with van der Waals surface area (Å²) in [6.07, 6.45) is 2.10. The van der Waals surface area contributed by atoms with Crippen LogP contribution in [0.4, 0.5) is 23.0 Å². The number of nitro groups is 1. The molecule has 0 bridgehead atoms. The Morgan fingerprint density at radius 3 is 2.68 bits per heavy atom. The van der Waals surface area contributed by atoms with Crippen LogP contribution in [0.1, 0.15) is 20.3 Å². The predicted molar refractivity (Wildman–Crippen MR) is 92.8 cm³/mol. The van der Waals surface area contributed by atoms with Crippen molar-refractivity contribution in [3.05, 3.63) is 34.6 Å². The van der Waals surface area contributed by atoms with Crippen molar-refractivity contribution in [2.24, 2.45) is 0 Å². The first-order chi connectivity index (χ1) is 12.1. The zero-order valence-corrected chi connectivity index (χ0v) is 14.0. The summed E-state index contributed by atoms with van der Waals surface area (Å²) < 4.78 is 11.0. The smallest absolute Gasteiger partial charge is 0.353 e. The van der Waals surface area contributed by atoms with Crippen LogP contribution in [0.25, 0.3) is 0 Å². The van der Waals surface area contributed by atoms with Crippen LogP contribution < -0.4 is 20.1 Å². The third-order valence-corrected chi connectivity index (χ3v) is 3.81. The van der Waals surface area contributed by atoms with Crippen LogP contribution in [-0.4, -0.2) is 34.1 Å². The largest absolute Gasteiger partial charge is 0.486 e. The highest BCUT2D eigenvalue weighted by atomic mass is 16.6. The van der Waals surface area contributed by atoms with Crippen LogP contribution in [-0.2, 0) is 0 Å². The SMILES string of the molecule is CCC(C)Nc1ncnc(Nc2ccc3c(c2)OCCO3)c1[N+](=O)[O-]. The highest BCUT2D eigenvalue weighted by molar-refractivity contribution is 5.74. The average Bonchev–Trinajstić information content (AvgIpc) is 2.61. The molecule has 1 aliphatic heterocycles. The number of anilines is 3. The van der Waals surface area contributed by atoms with E-state index in [0.717, 1.165) is 6.42 Å². The molecule has 9 nitrogen and oxygen atoms in total. The summed E-state index contributed by atoms with van der Waals surface area (Å²) in [5, 5.41) is 17.5. The van der Waals surface area contributed by atoms with Gasteiger partial charge in [0, 0.05) is 17.8 Å². The Hall–Kier alpha value is -3.10. The van der Waals surface area contributed by atoms with Crippen LogP contribution in [0.2, 0.25) is 0 Å². The molecule has 1 aliphatic rings. The third kappa shape index (κ3) is 3.70. The van der Waals surface area contributed by atoms with E-state index in [4.69, 9.17) is 9.47 Å². The van der Waals surface area contributed by atoms with Gasteiger partial charge in [-0.25, -0.2) is 9.97 Å². The summed E-state index contributed by atoms with van der Waals surface area (Å²) in [4.78, 5) is 19.1. The number of fused-ring (bicyclic) bond motifs is 1. The molecule has 2 heterocycles. The third-order valence-electron chi connectivity index (χ3n) is 3.81. The molecule has 0 aliphatic carbocycles. The van der Waals surface area contributed by atoms with Gasteiger partial charge in [-0.3, -0.25) is 10.1 Å². The van der Waals surface area contributed by atoms with E-state index in [2.05, 4.69) is 20.6 Å². The molecule has 25 heavy (non-hydrogen) atoms. The van der Waals surface area contributed by atoms with Crippen molar-refractivity contribution in [3.8, 4) is 11.5 Å². The molecule has 2 N–H and O–H groups in total. The molecular weight excluding hydrogens is 326 g/mol. The number of hydrogen-bond donors (Lipinski definition) is 2. The summed E-state index contributed by atoms with van der Waals surface area (Å²) in [6.45, 7) is 4.88. The van der Waals surface area contributed by atoms with Gasteiger partial charge in [0.1, 0.15) is 19.5 Å². The van der Waals surface area contributed by atoms with E-state index in [1.807, 2.05) is 13.8 Å². The molecule has 0 radical (unpaired) electrons. The molecule has 1 unspecified atom stereocenters. The normalized spacial score (nSPS) is 13.8. The Morgan fingerprint density at radius 2 is 1.96 bits per heavy atom. The quantitative estimate of drug-likeness (QED) is 0.607. The fraction of sp³-hybridized carbons (Fsp3) is 0.375. The van der Waals surface area contributed by atoms with Crippen molar-refractivity contribution >= 4 is 23.0 Å². The van der Waals surface area contributed by atoms with Gasteiger partial charge in [0.15, 0.2) is 11.5 Å². The maximum atomic E-state index is 11.5. The van der Waals surface area contributed by atoms with Crippen LogP contribution >= 0.6 is 0 Å². The number of aromatic nitrogens is 2. The lowest BCUT2D eigenvalue weighted by molar-refractivity contribution is -0.383. The average molecular weight is 345 g/mol. The summed E-state index contributed by atoms with van der Waals surface area (Å²) in [7, 11) is 0. The van der Waals surface area contributed by atoms with Gasteiger partial charge in [-0.05, 0) is 25.5 Å². The lowest BCUT2D eigenvalue weighted by atomic mass is 10.2. The maximum absolute atomic E-state index is 11.5. The van der Waals surface area contributed by atoms with Crippen LogP contribution in [0.15, 0.2) is 24.5 Å². The first kappa shape index (κ1) is 16.7. The van der Waals surface area contributed by atoms with E-state index in [1.54, 1.807) is 18.2 Å². The Morgan fingerprint density at radius 1 is 1.24 bits per heavy atom. The molecule has 1 aromatic carbocycles. The molecule has 9 heteroatoms. The van der Waals surface area contributed by atoms with Gasteiger partial charge >= 0.3 is 5.69 Å². The minimum absolute atomic E-state index is 0.0516. The van der Waals surface area contributed by atoms with Gasteiger partial charge in [-0.1, -0.05) is 6.92 Å². The molecule has 3 rings (SSSR count). The monoisotopic (exact) mass is 345 g/mol. The van der Waals surface area contributed by atoms with E-state index < -0.39 is 4.92 Å². The number of rotatable bonds is 6. The van der Waals surface area contributed by atoms with Gasteiger partial charge < -0.3 is 20.1 Å². The second kappa shape index (κ2) is 7.20. The number of nitrogens with zero attached hydrogens (tertiary/aromatic N) is 3. The second-order valence-electron chi connectivity index (χ2n) is 5.61. The number of nitrogens with one attached hydrogen (secondary N) is 2. The minimum Gasteiger partial charge on any atom is -0.486 e. The van der Waals surface area contributed by atoms with E-state index in [1.165, 1.54) is 6.33 Å². The Kier molecular flexibility index (Phi) is 4.82. The summed E-state index contributed by atoms with van der Waals surface area (Å²) >= 11 is 0. The molecule has 0 spiro atoms. The van der Waals surface area contributed by atoms with E-state index >= 15 is 0 Å². The van der Waals surface area contributed by atoms with Gasteiger partial charge in [0.2, 0.25) is 11.6 Å². The Balaban J connectivity index is 1.91. The zero-order chi connectivity index (χ0) is 17.8. The van der Waals surface area contributed by atoms with Gasteiger partial charge in [0.05, 0.1) is 4.92 Å². The Labute approximate surface area is 144 Å². The van der Waals surface area contributed by atoms with Crippen LogP contribution in [0.3, 0.4) is 0 Å². The minimum atomic E-state index is -0.495. The van der Waals surface area contributed by atoms with Gasteiger partial charge in [-0.2, -0.15) is 0 Å². The van der Waals surface area contributed by atoms with E-state index in [9.17, 15) is 10.1 Å². The van der Waals surface area contributed by atoms with Gasteiger partial charge in [-0.15, -0.1) is 0 Å². The molecule has 0 amide bonds. The van der Waals surface area contributed by atoms with Crippen molar-refractivity contribution in [2.45, 2.75) is 26.3 Å². The topological polar surface area (TPSA) is 111 Å². The molecule has 0 fully saturated rings. The summed E-state index contributed by atoms with van der Waals surface area (Å²) in [5.41, 5.74) is 0.415. The fourth-order valence-corrected chi connectivity index (χ4v) is 2.34. The molecular formula is C16H19N5O4. The maximum Gasteiger partial charge on any atom is 0.353 e. The Bertz CT molecular complexity index is 783. The lowest BCUT2D eigenvalue weighted by Gasteiger charge is -2.19. The zero-order valence-electron chi connectivity index (χ0n) is 14.0. The molecule has 1 atom stereocenters. The van der Waals surface area contributed by atoms with Crippen LogP contribution in [0, 0.1) is 10.1 Å². The summed E-state index contributed by atoms with van der Waals surface area (Å²) in [5.74, 6) is 1.54. The first-order valence-electron chi connectivity index (χ1n) is 8.01. The number of hydrogen-bond acceptors (Lipinski definition) is 8. The predicted octanol–water partition coefficient (Wildman–Crippen LogP) is 3.11. The molecule has 0 saturated heterocycles. The second-order valence-corrected chi connectivity index (χ2v) is 5.61. The van der Waals surface area contributed by atoms with E-state index in [0.29, 0.717) is 30.4 Å². The molecule has 2 aromatic rings. The molecule has 1 aromatic heterocycles. The van der Waals surface area contributed by atoms with Crippen molar-refractivity contribution in [1.29, 1.82) is 0 Å². The van der Waals surface area contributed by atoms with E-state index in [-0.39, 0.29) is 23.4 Å². The van der Waals surface area contributed by atoms with Crippen molar-refractivity contribution < 1.29 is 14.4 Å².